The first kappa shape index (κ1) is 36.8. The summed E-state index contributed by atoms with van der Waals surface area (Å²) >= 11 is 0. The maximum absolute atomic E-state index is 13.1. The Morgan fingerprint density at radius 1 is 0.587 bits per heavy atom. The number of rotatable bonds is 17. The smallest absolute Gasteiger partial charge is 0.332 e. The Balaban J connectivity index is 2.20. The summed E-state index contributed by atoms with van der Waals surface area (Å²) in [6, 6.07) is -3.89. The van der Waals surface area contributed by atoms with Gasteiger partial charge in [-0.05, 0) is 25.7 Å². The van der Waals surface area contributed by atoms with Gasteiger partial charge in [-0.2, -0.15) is 11.0 Å². The molecule has 0 bridgehead atoms. The number of amides is 8. The standard InChI is InChI=1S/C28H36N6O12/c1-3-7-23(41)45-31-27(43)25(29-17(35)9-5-15-33-19(37)11-12-20(33)38)26(28(44)32-46-24(42)8-4-2)30-18(36)10-6-16-34-21(39)13-14-22(34)40/h11-14,25-26H,3-10,15-16H2,1-2H3,(H,29,35)(H,30,36)(H,31,43)(H,32,44)/t25-,26-/m1/s1. The van der Waals surface area contributed by atoms with Gasteiger partial charge in [-0.3, -0.25) is 48.2 Å². The van der Waals surface area contributed by atoms with Crippen LogP contribution < -0.4 is 21.6 Å². The average Bonchev–Trinajstić information content (AvgIpc) is 3.51. The van der Waals surface area contributed by atoms with Crippen LogP contribution in [-0.4, -0.2) is 94.2 Å². The van der Waals surface area contributed by atoms with Crippen LogP contribution in [0.1, 0.15) is 65.2 Å². The highest BCUT2D eigenvalue weighted by atomic mass is 16.7. The van der Waals surface area contributed by atoms with Crippen LogP contribution in [0.4, 0.5) is 0 Å². The van der Waals surface area contributed by atoms with Crippen molar-refractivity contribution in [3.63, 3.8) is 0 Å². The predicted octanol–water partition coefficient (Wildman–Crippen LogP) is -1.88. The molecule has 0 aromatic rings. The van der Waals surface area contributed by atoms with Gasteiger partial charge in [0.05, 0.1) is 0 Å². The minimum atomic E-state index is -1.95. The van der Waals surface area contributed by atoms with Crippen molar-refractivity contribution in [2.45, 2.75) is 77.3 Å². The number of carbonyl (C=O) groups is 10. The Morgan fingerprint density at radius 3 is 1.22 bits per heavy atom. The van der Waals surface area contributed by atoms with Crippen LogP contribution in [-0.2, 0) is 57.6 Å². The lowest BCUT2D eigenvalue weighted by molar-refractivity contribution is -0.162. The summed E-state index contributed by atoms with van der Waals surface area (Å²) in [4.78, 5) is 134. The molecule has 8 amide bonds. The van der Waals surface area contributed by atoms with Crippen molar-refractivity contribution in [3.8, 4) is 0 Å². The van der Waals surface area contributed by atoms with Crippen molar-refractivity contribution in [2.24, 2.45) is 0 Å². The van der Waals surface area contributed by atoms with Crippen LogP contribution in [0, 0.1) is 0 Å². The highest BCUT2D eigenvalue weighted by molar-refractivity contribution is 6.13. The van der Waals surface area contributed by atoms with Gasteiger partial charge in [-0.25, -0.2) is 9.59 Å². The Kier molecular flexibility index (Phi) is 14.7. The van der Waals surface area contributed by atoms with Crippen LogP contribution >= 0.6 is 0 Å². The first-order chi connectivity index (χ1) is 21.9. The van der Waals surface area contributed by atoms with Crippen molar-refractivity contribution in [1.82, 2.24) is 31.4 Å². The average molecular weight is 649 g/mol. The molecule has 2 aliphatic heterocycles. The van der Waals surface area contributed by atoms with Crippen LogP contribution in [0.15, 0.2) is 24.3 Å². The van der Waals surface area contributed by atoms with Gasteiger partial charge in [-0.15, -0.1) is 0 Å². The van der Waals surface area contributed by atoms with Gasteiger partial charge in [0.1, 0.15) is 12.1 Å². The Hall–Kier alpha value is -5.42. The summed E-state index contributed by atoms with van der Waals surface area (Å²) in [5, 5.41) is 4.53. The molecule has 2 atom stereocenters. The van der Waals surface area contributed by atoms with E-state index in [0.717, 1.165) is 34.1 Å². The van der Waals surface area contributed by atoms with Gasteiger partial charge in [0, 0.05) is 63.1 Å². The lowest BCUT2D eigenvalue weighted by Gasteiger charge is -2.27. The van der Waals surface area contributed by atoms with Crippen LogP contribution in [0.3, 0.4) is 0 Å². The minimum Gasteiger partial charge on any atom is -0.342 e. The van der Waals surface area contributed by atoms with Crippen molar-refractivity contribution >= 4 is 59.2 Å². The normalized spacial score (nSPS) is 15.0. The van der Waals surface area contributed by atoms with Crippen molar-refractivity contribution < 1.29 is 57.6 Å². The van der Waals surface area contributed by atoms with E-state index in [-0.39, 0.29) is 51.6 Å². The summed E-state index contributed by atoms with van der Waals surface area (Å²) in [6.07, 6.45) is 4.10. The molecule has 4 N–H and O–H groups in total. The third kappa shape index (κ3) is 11.6. The van der Waals surface area contributed by atoms with E-state index >= 15 is 0 Å². The molecule has 250 valence electrons. The number of imide groups is 2. The molecule has 18 heteroatoms. The number of hydrogen-bond donors (Lipinski definition) is 4. The molecule has 0 radical (unpaired) electrons. The maximum Gasteiger partial charge on any atom is 0.332 e. The van der Waals surface area contributed by atoms with Gasteiger partial charge < -0.3 is 20.3 Å². The predicted molar refractivity (Wildman–Crippen MR) is 152 cm³/mol. The molecule has 0 aromatic heterocycles. The van der Waals surface area contributed by atoms with E-state index in [1.165, 1.54) is 0 Å². The minimum absolute atomic E-state index is 0.0362. The van der Waals surface area contributed by atoms with Crippen molar-refractivity contribution in [2.75, 3.05) is 13.1 Å². The van der Waals surface area contributed by atoms with E-state index in [1.807, 2.05) is 11.0 Å². The van der Waals surface area contributed by atoms with Crippen LogP contribution in [0.2, 0.25) is 0 Å². The fourth-order valence-electron chi connectivity index (χ4n) is 4.04. The molecule has 0 fully saturated rings. The number of hydroxylamine groups is 2. The quantitative estimate of drug-likeness (QED) is 0.1000. The highest BCUT2D eigenvalue weighted by Gasteiger charge is 2.38. The third-order valence-corrected chi connectivity index (χ3v) is 6.34. The van der Waals surface area contributed by atoms with Gasteiger partial charge in [0.15, 0.2) is 0 Å². The SMILES string of the molecule is CCCC(=O)ONC(=O)[C@H](NC(=O)CCCN1C(=O)C=CC1=O)[C@@H](NC(=O)CCCN1C(=O)C=CC1=O)C(=O)NOC(=O)CCC. The topological polar surface area (TPSA) is 244 Å². The van der Waals surface area contributed by atoms with Crippen LogP contribution in [0.5, 0.6) is 0 Å². The molecule has 0 spiro atoms. The van der Waals surface area contributed by atoms with Gasteiger partial charge in [-0.1, -0.05) is 13.8 Å². The van der Waals surface area contributed by atoms with Crippen molar-refractivity contribution in [1.29, 1.82) is 0 Å². The lowest BCUT2D eigenvalue weighted by Crippen LogP contribution is -2.63. The summed E-state index contributed by atoms with van der Waals surface area (Å²) in [7, 11) is 0. The molecule has 2 heterocycles. The molecule has 0 aromatic carbocycles. The second-order valence-corrected chi connectivity index (χ2v) is 10.0. The number of nitrogens with one attached hydrogen (secondary N) is 4. The van der Waals surface area contributed by atoms with E-state index in [4.69, 9.17) is 9.68 Å². The molecule has 46 heavy (non-hydrogen) atoms. The molecular weight excluding hydrogens is 612 g/mol. The molecule has 0 saturated carbocycles. The first-order valence-electron chi connectivity index (χ1n) is 14.5. The van der Waals surface area contributed by atoms with E-state index in [0.29, 0.717) is 12.8 Å². The number of hydrogen-bond acceptors (Lipinski definition) is 12. The van der Waals surface area contributed by atoms with E-state index in [9.17, 15) is 47.9 Å². The van der Waals surface area contributed by atoms with Gasteiger partial charge >= 0.3 is 11.9 Å². The zero-order valence-electron chi connectivity index (χ0n) is 25.3. The van der Waals surface area contributed by atoms with Gasteiger partial charge in [0.25, 0.3) is 35.4 Å². The van der Waals surface area contributed by atoms with E-state index in [1.54, 1.807) is 13.8 Å². The Morgan fingerprint density at radius 2 is 0.913 bits per heavy atom. The molecule has 0 unspecified atom stereocenters. The van der Waals surface area contributed by atoms with Gasteiger partial charge in [0.2, 0.25) is 11.8 Å². The maximum atomic E-state index is 13.1. The molecule has 2 aliphatic rings. The summed E-state index contributed by atoms with van der Waals surface area (Å²) < 4.78 is 0. The highest BCUT2D eigenvalue weighted by Crippen LogP contribution is 2.08. The molecule has 18 nitrogen and oxygen atoms in total. The number of carbonyl (C=O) groups excluding carboxylic acids is 10. The largest absolute Gasteiger partial charge is 0.342 e. The summed E-state index contributed by atoms with van der Waals surface area (Å²) in [6.45, 7) is 3.09. The lowest BCUT2D eigenvalue weighted by atomic mass is 10.1. The Bertz CT molecular complexity index is 1180. The first-order valence-corrected chi connectivity index (χ1v) is 14.5. The molecule has 0 aliphatic carbocycles. The summed E-state index contributed by atoms with van der Waals surface area (Å²) in [5.41, 5.74) is 3.66. The zero-order valence-corrected chi connectivity index (χ0v) is 25.3. The Labute approximate surface area is 263 Å². The van der Waals surface area contributed by atoms with Crippen molar-refractivity contribution in [3.05, 3.63) is 24.3 Å². The second kappa shape index (κ2) is 18.4. The third-order valence-electron chi connectivity index (χ3n) is 6.34. The number of nitrogens with zero attached hydrogens (tertiary/aromatic N) is 2. The molecular formula is C28H36N6O12. The zero-order chi connectivity index (χ0) is 34.2. The molecule has 2 rings (SSSR count). The van der Waals surface area contributed by atoms with E-state index < -0.39 is 71.3 Å². The second-order valence-electron chi connectivity index (χ2n) is 10.0. The van der Waals surface area contributed by atoms with Crippen LogP contribution in [0.25, 0.3) is 0 Å². The fourth-order valence-corrected chi connectivity index (χ4v) is 4.04. The van der Waals surface area contributed by atoms with E-state index in [2.05, 4.69) is 10.6 Å². The molecule has 0 saturated heterocycles. The fraction of sp³-hybridized carbons (Fsp3) is 0.500. The monoisotopic (exact) mass is 648 g/mol. The summed E-state index contributed by atoms with van der Waals surface area (Å²) in [5.74, 6) is -8.15.